The standard InChI is InChI=1S/C47H29N3/c1-2-15-32(16-3-1)45-48-46(41-24-12-18-30-13-4-7-19-34(30)41)50-47(49-45)42-28-27-39(37-22-10-11-23-38(37)42)44-36-21-9-6-17-33(36)29-43-35-20-8-5-14-31(35)25-26-40(43)44/h1-29H. The molecule has 0 radical (unpaired) electrons. The Morgan fingerprint density at radius 3 is 1.54 bits per heavy atom. The summed E-state index contributed by atoms with van der Waals surface area (Å²) in [5.74, 6) is 1.96. The third-order valence-electron chi connectivity index (χ3n) is 9.90. The van der Waals surface area contributed by atoms with Crippen LogP contribution in [-0.4, -0.2) is 15.0 Å². The van der Waals surface area contributed by atoms with Gasteiger partial charge in [0, 0.05) is 16.7 Å². The maximum atomic E-state index is 5.21. The predicted molar refractivity (Wildman–Crippen MR) is 209 cm³/mol. The van der Waals surface area contributed by atoms with Gasteiger partial charge in [-0.15, -0.1) is 0 Å². The molecular formula is C47H29N3. The Morgan fingerprint density at radius 1 is 0.260 bits per heavy atom. The summed E-state index contributed by atoms with van der Waals surface area (Å²) in [6.45, 7) is 0. The van der Waals surface area contributed by atoms with Gasteiger partial charge in [-0.2, -0.15) is 0 Å². The molecule has 0 saturated heterocycles. The monoisotopic (exact) mass is 635 g/mol. The summed E-state index contributed by atoms with van der Waals surface area (Å²) in [5.41, 5.74) is 5.34. The fraction of sp³-hybridized carbons (Fsp3) is 0. The third kappa shape index (κ3) is 4.56. The molecule has 10 aromatic rings. The second-order valence-corrected chi connectivity index (χ2v) is 12.8. The van der Waals surface area contributed by atoms with Gasteiger partial charge in [0.25, 0.3) is 0 Å². The Labute approximate surface area is 289 Å². The molecule has 10 rings (SSSR count). The molecule has 0 bridgehead atoms. The first-order chi connectivity index (χ1) is 24.8. The van der Waals surface area contributed by atoms with Crippen molar-refractivity contribution in [2.75, 3.05) is 0 Å². The number of fused-ring (bicyclic) bond motifs is 6. The molecule has 0 unspecified atom stereocenters. The summed E-state index contributed by atoms with van der Waals surface area (Å²) in [6, 6.07) is 62.3. The van der Waals surface area contributed by atoms with Gasteiger partial charge in [0.05, 0.1) is 0 Å². The number of nitrogens with zero attached hydrogens (tertiary/aromatic N) is 3. The van der Waals surface area contributed by atoms with E-state index in [1.807, 2.05) is 18.2 Å². The van der Waals surface area contributed by atoms with Gasteiger partial charge in [0.1, 0.15) is 0 Å². The van der Waals surface area contributed by atoms with E-state index >= 15 is 0 Å². The lowest BCUT2D eigenvalue weighted by molar-refractivity contribution is 1.08. The number of hydrogen-bond donors (Lipinski definition) is 0. The molecule has 0 saturated carbocycles. The van der Waals surface area contributed by atoms with Gasteiger partial charge in [-0.05, 0) is 77.1 Å². The molecule has 9 aromatic carbocycles. The zero-order valence-corrected chi connectivity index (χ0v) is 27.1. The molecule has 0 spiro atoms. The van der Waals surface area contributed by atoms with Crippen LogP contribution in [0.15, 0.2) is 176 Å². The molecule has 0 aliphatic heterocycles. The van der Waals surface area contributed by atoms with Crippen molar-refractivity contribution in [1.82, 2.24) is 15.0 Å². The highest BCUT2D eigenvalue weighted by atomic mass is 15.0. The van der Waals surface area contributed by atoms with E-state index in [0.29, 0.717) is 17.5 Å². The maximum Gasteiger partial charge on any atom is 0.164 e. The van der Waals surface area contributed by atoms with Crippen LogP contribution in [0.25, 0.3) is 99.2 Å². The number of rotatable bonds is 4. The first-order valence-electron chi connectivity index (χ1n) is 17.0. The lowest BCUT2D eigenvalue weighted by Crippen LogP contribution is -2.01. The van der Waals surface area contributed by atoms with Crippen LogP contribution in [-0.2, 0) is 0 Å². The first-order valence-corrected chi connectivity index (χ1v) is 17.0. The Kier molecular flexibility index (Phi) is 6.49. The Hall–Kier alpha value is -6.71. The van der Waals surface area contributed by atoms with Gasteiger partial charge < -0.3 is 0 Å². The third-order valence-corrected chi connectivity index (χ3v) is 9.90. The van der Waals surface area contributed by atoms with E-state index in [4.69, 9.17) is 15.0 Å². The van der Waals surface area contributed by atoms with Gasteiger partial charge in [0.15, 0.2) is 17.5 Å². The van der Waals surface area contributed by atoms with E-state index in [-0.39, 0.29) is 0 Å². The van der Waals surface area contributed by atoms with Crippen molar-refractivity contribution in [2.24, 2.45) is 0 Å². The smallest absolute Gasteiger partial charge is 0.164 e. The van der Waals surface area contributed by atoms with E-state index in [0.717, 1.165) is 38.2 Å². The zero-order valence-electron chi connectivity index (χ0n) is 27.1. The second kappa shape index (κ2) is 11.5. The molecule has 0 atom stereocenters. The summed E-state index contributed by atoms with van der Waals surface area (Å²) >= 11 is 0. The Balaban J connectivity index is 1.25. The normalized spacial score (nSPS) is 11.6. The number of aromatic nitrogens is 3. The molecule has 1 aromatic heterocycles. The van der Waals surface area contributed by atoms with Gasteiger partial charge in [-0.25, -0.2) is 15.0 Å². The highest BCUT2D eigenvalue weighted by Crippen LogP contribution is 2.43. The Morgan fingerprint density at radius 2 is 0.780 bits per heavy atom. The van der Waals surface area contributed by atoms with Crippen molar-refractivity contribution in [2.45, 2.75) is 0 Å². The summed E-state index contributed by atoms with van der Waals surface area (Å²) in [4.78, 5) is 15.4. The lowest BCUT2D eigenvalue weighted by Gasteiger charge is -2.17. The van der Waals surface area contributed by atoms with E-state index in [1.54, 1.807) is 0 Å². The largest absolute Gasteiger partial charge is 0.208 e. The quantitative estimate of drug-likeness (QED) is 0.143. The highest BCUT2D eigenvalue weighted by Gasteiger charge is 2.19. The molecule has 0 amide bonds. The highest BCUT2D eigenvalue weighted by molar-refractivity contribution is 6.22. The summed E-state index contributed by atoms with van der Waals surface area (Å²) < 4.78 is 0. The summed E-state index contributed by atoms with van der Waals surface area (Å²) in [5, 5.41) is 12.0. The van der Waals surface area contributed by atoms with Crippen LogP contribution in [0.1, 0.15) is 0 Å². The van der Waals surface area contributed by atoms with Crippen molar-refractivity contribution in [3.8, 4) is 45.3 Å². The van der Waals surface area contributed by atoms with Crippen LogP contribution >= 0.6 is 0 Å². The number of hydrogen-bond acceptors (Lipinski definition) is 3. The van der Waals surface area contributed by atoms with Crippen molar-refractivity contribution >= 4 is 53.9 Å². The fourth-order valence-corrected chi connectivity index (χ4v) is 7.58. The fourth-order valence-electron chi connectivity index (χ4n) is 7.58. The van der Waals surface area contributed by atoms with Gasteiger partial charge in [-0.1, -0.05) is 164 Å². The minimum absolute atomic E-state index is 0.651. The minimum atomic E-state index is 0.651. The van der Waals surface area contributed by atoms with E-state index in [1.165, 1.54) is 43.4 Å². The van der Waals surface area contributed by atoms with Crippen LogP contribution in [0, 0.1) is 0 Å². The molecule has 0 N–H and O–H groups in total. The van der Waals surface area contributed by atoms with E-state index in [2.05, 4.69) is 158 Å². The molecular weight excluding hydrogens is 607 g/mol. The van der Waals surface area contributed by atoms with Crippen molar-refractivity contribution in [3.05, 3.63) is 176 Å². The first kappa shape index (κ1) is 28.3. The van der Waals surface area contributed by atoms with E-state index < -0.39 is 0 Å². The Bertz CT molecular complexity index is 2920. The van der Waals surface area contributed by atoms with Crippen LogP contribution in [0.4, 0.5) is 0 Å². The molecule has 50 heavy (non-hydrogen) atoms. The van der Waals surface area contributed by atoms with E-state index in [9.17, 15) is 0 Å². The van der Waals surface area contributed by atoms with Crippen LogP contribution in [0.2, 0.25) is 0 Å². The average molecular weight is 636 g/mol. The van der Waals surface area contributed by atoms with Crippen LogP contribution < -0.4 is 0 Å². The van der Waals surface area contributed by atoms with Crippen molar-refractivity contribution < 1.29 is 0 Å². The predicted octanol–water partition coefficient (Wildman–Crippen LogP) is 12.3. The SMILES string of the molecule is c1ccc(-c2nc(-c3cccc4ccccc34)nc(-c3ccc(-c4c5ccccc5cc5c4ccc4ccccc45)c4ccccc34)n2)cc1. The lowest BCUT2D eigenvalue weighted by atomic mass is 9.87. The van der Waals surface area contributed by atoms with Crippen molar-refractivity contribution in [3.63, 3.8) is 0 Å². The van der Waals surface area contributed by atoms with Crippen LogP contribution in [0.5, 0.6) is 0 Å². The maximum absolute atomic E-state index is 5.21. The molecule has 1 heterocycles. The second-order valence-electron chi connectivity index (χ2n) is 12.8. The molecule has 0 aliphatic carbocycles. The molecule has 0 fully saturated rings. The molecule has 3 nitrogen and oxygen atoms in total. The topological polar surface area (TPSA) is 38.7 Å². The molecule has 3 heteroatoms. The number of benzene rings is 9. The van der Waals surface area contributed by atoms with Gasteiger partial charge in [0.2, 0.25) is 0 Å². The van der Waals surface area contributed by atoms with Gasteiger partial charge in [-0.3, -0.25) is 0 Å². The zero-order chi connectivity index (χ0) is 33.0. The van der Waals surface area contributed by atoms with Crippen LogP contribution in [0.3, 0.4) is 0 Å². The summed E-state index contributed by atoms with van der Waals surface area (Å²) in [6.07, 6.45) is 0. The average Bonchev–Trinajstić information content (AvgIpc) is 3.19. The molecule has 0 aliphatic rings. The van der Waals surface area contributed by atoms with Gasteiger partial charge >= 0.3 is 0 Å². The van der Waals surface area contributed by atoms with Crippen molar-refractivity contribution in [1.29, 1.82) is 0 Å². The minimum Gasteiger partial charge on any atom is -0.208 e. The molecule has 232 valence electrons. The summed E-state index contributed by atoms with van der Waals surface area (Å²) in [7, 11) is 0.